The molecular formula is C18H18N4O2. The molecule has 0 spiro atoms. The molecule has 3 aromatic rings. The van der Waals surface area contributed by atoms with Crippen LogP contribution in [0.25, 0.3) is 5.65 Å². The van der Waals surface area contributed by atoms with Crippen LogP contribution in [0.15, 0.2) is 55.1 Å². The van der Waals surface area contributed by atoms with Gasteiger partial charge >= 0.3 is 0 Å². The summed E-state index contributed by atoms with van der Waals surface area (Å²) in [4.78, 5) is 21.0. The first-order valence-corrected chi connectivity index (χ1v) is 8.07. The second kappa shape index (κ2) is 6.41. The molecule has 4 heterocycles. The zero-order valence-corrected chi connectivity index (χ0v) is 13.1. The molecule has 6 heteroatoms. The van der Waals surface area contributed by atoms with E-state index in [1.54, 1.807) is 18.6 Å². The largest absolute Gasteiger partial charge is 0.371 e. The summed E-state index contributed by atoms with van der Waals surface area (Å²) in [6.07, 6.45) is 8.77. The van der Waals surface area contributed by atoms with Gasteiger partial charge in [0.15, 0.2) is 0 Å². The Morgan fingerprint density at radius 2 is 2.12 bits per heavy atom. The van der Waals surface area contributed by atoms with Gasteiger partial charge in [-0.25, -0.2) is 4.98 Å². The Balaban J connectivity index is 1.54. The third-order valence-electron chi connectivity index (χ3n) is 4.27. The summed E-state index contributed by atoms with van der Waals surface area (Å²) in [5.41, 5.74) is 2.21. The zero-order chi connectivity index (χ0) is 16.4. The van der Waals surface area contributed by atoms with Crippen molar-refractivity contribution in [2.45, 2.75) is 25.0 Å². The molecule has 1 amide bonds. The minimum absolute atomic E-state index is 0.0709. The van der Waals surface area contributed by atoms with Gasteiger partial charge in [0.1, 0.15) is 17.4 Å². The smallest absolute Gasteiger partial charge is 0.271 e. The van der Waals surface area contributed by atoms with Gasteiger partial charge in [-0.05, 0) is 42.7 Å². The highest BCUT2D eigenvalue weighted by atomic mass is 16.5. The summed E-state index contributed by atoms with van der Waals surface area (Å²) in [7, 11) is 0. The standard InChI is InChI=1S/C18H18N4O2/c23-18(15-12-22-10-2-1-5-16(22)20-15)21-14-4-3-11-24-17(14)13-6-8-19-9-7-13/h1-2,5-10,12,14,17H,3-4,11H2,(H,21,23)/t14-,17+/m0/s1. The molecule has 2 atom stereocenters. The molecule has 6 nitrogen and oxygen atoms in total. The zero-order valence-electron chi connectivity index (χ0n) is 13.1. The summed E-state index contributed by atoms with van der Waals surface area (Å²) in [5, 5.41) is 3.08. The molecule has 0 aromatic carbocycles. The maximum atomic E-state index is 12.6. The molecule has 0 saturated carbocycles. The Labute approximate surface area is 139 Å². The van der Waals surface area contributed by atoms with Crippen LogP contribution < -0.4 is 5.32 Å². The van der Waals surface area contributed by atoms with Gasteiger partial charge < -0.3 is 14.5 Å². The number of hydrogen-bond acceptors (Lipinski definition) is 4. The van der Waals surface area contributed by atoms with E-state index < -0.39 is 0 Å². The van der Waals surface area contributed by atoms with Crippen molar-refractivity contribution < 1.29 is 9.53 Å². The van der Waals surface area contributed by atoms with Crippen molar-refractivity contribution in [2.75, 3.05) is 6.61 Å². The van der Waals surface area contributed by atoms with Gasteiger partial charge in [-0.1, -0.05) is 6.07 Å². The Bertz CT molecular complexity index is 813. The van der Waals surface area contributed by atoms with Crippen molar-refractivity contribution in [1.82, 2.24) is 19.7 Å². The molecule has 0 bridgehead atoms. The van der Waals surface area contributed by atoms with Crippen LogP contribution in [0.5, 0.6) is 0 Å². The lowest BCUT2D eigenvalue weighted by Crippen LogP contribution is -2.42. The van der Waals surface area contributed by atoms with Gasteiger partial charge in [-0.2, -0.15) is 0 Å². The number of imidazole rings is 1. The number of hydrogen-bond donors (Lipinski definition) is 1. The summed E-state index contributed by atoms with van der Waals surface area (Å²) in [6.45, 7) is 0.702. The maximum Gasteiger partial charge on any atom is 0.271 e. The Hall–Kier alpha value is -2.73. The van der Waals surface area contributed by atoms with E-state index >= 15 is 0 Å². The summed E-state index contributed by atoms with van der Waals surface area (Å²) < 4.78 is 7.74. The van der Waals surface area contributed by atoms with Gasteiger partial charge in [-0.3, -0.25) is 9.78 Å². The molecule has 1 saturated heterocycles. The number of aromatic nitrogens is 3. The lowest BCUT2D eigenvalue weighted by molar-refractivity contribution is -0.00954. The normalized spacial score (nSPS) is 20.8. The van der Waals surface area contributed by atoms with Crippen LogP contribution in [0.4, 0.5) is 0 Å². The highest BCUT2D eigenvalue weighted by Crippen LogP contribution is 2.28. The van der Waals surface area contributed by atoms with E-state index in [2.05, 4.69) is 15.3 Å². The van der Waals surface area contributed by atoms with E-state index in [4.69, 9.17) is 4.74 Å². The average molecular weight is 322 g/mol. The molecule has 3 aromatic heterocycles. The number of rotatable bonds is 3. The third-order valence-corrected chi connectivity index (χ3v) is 4.27. The summed E-state index contributed by atoms with van der Waals surface area (Å²) in [6, 6.07) is 9.47. The van der Waals surface area contributed by atoms with E-state index in [1.807, 2.05) is 40.9 Å². The van der Waals surface area contributed by atoms with Gasteiger partial charge in [-0.15, -0.1) is 0 Å². The molecular weight excluding hydrogens is 304 g/mol. The highest BCUT2D eigenvalue weighted by molar-refractivity contribution is 5.93. The van der Waals surface area contributed by atoms with E-state index in [0.717, 1.165) is 24.1 Å². The second-order valence-corrected chi connectivity index (χ2v) is 5.89. The number of carbonyl (C=O) groups excluding carboxylic acids is 1. The van der Waals surface area contributed by atoms with Crippen molar-refractivity contribution in [3.8, 4) is 0 Å². The predicted molar refractivity (Wildman–Crippen MR) is 88.6 cm³/mol. The van der Waals surface area contributed by atoms with Crippen LogP contribution in [0, 0.1) is 0 Å². The second-order valence-electron chi connectivity index (χ2n) is 5.89. The average Bonchev–Trinajstić information content (AvgIpc) is 3.07. The fraction of sp³-hybridized carbons (Fsp3) is 0.278. The number of fused-ring (bicyclic) bond motifs is 1. The van der Waals surface area contributed by atoms with Crippen molar-refractivity contribution in [2.24, 2.45) is 0 Å². The van der Waals surface area contributed by atoms with E-state index in [-0.39, 0.29) is 18.1 Å². The first-order chi connectivity index (χ1) is 11.8. The maximum absolute atomic E-state index is 12.6. The molecule has 24 heavy (non-hydrogen) atoms. The monoisotopic (exact) mass is 322 g/mol. The van der Waals surface area contributed by atoms with Crippen LogP contribution >= 0.6 is 0 Å². The van der Waals surface area contributed by atoms with Gasteiger partial charge in [0.2, 0.25) is 0 Å². The Kier molecular flexibility index (Phi) is 3.96. The predicted octanol–water partition coefficient (Wildman–Crippen LogP) is 2.38. The lowest BCUT2D eigenvalue weighted by atomic mass is 9.96. The topological polar surface area (TPSA) is 68.5 Å². The van der Waals surface area contributed by atoms with E-state index in [1.165, 1.54) is 0 Å². The molecule has 122 valence electrons. The third kappa shape index (κ3) is 2.88. The minimum Gasteiger partial charge on any atom is -0.371 e. The number of amides is 1. The Morgan fingerprint density at radius 3 is 2.96 bits per heavy atom. The molecule has 0 aliphatic carbocycles. The van der Waals surface area contributed by atoms with Crippen molar-refractivity contribution in [3.63, 3.8) is 0 Å². The number of nitrogens with one attached hydrogen (secondary N) is 1. The SMILES string of the molecule is O=C(N[C@H]1CCCO[C@@H]1c1ccncc1)c1cn2ccccc2n1. The summed E-state index contributed by atoms with van der Waals surface area (Å²) >= 11 is 0. The minimum atomic E-state index is -0.173. The van der Waals surface area contributed by atoms with Crippen molar-refractivity contribution in [3.05, 3.63) is 66.4 Å². The number of ether oxygens (including phenoxy) is 1. The van der Waals surface area contributed by atoms with Crippen molar-refractivity contribution in [1.29, 1.82) is 0 Å². The van der Waals surface area contributed by atoms with Crippen LogP contribution in [-0.2, 0) is 4.74 Å². The molecule has 0 radical (unpaired) electrons. The first kappa shape index (κ1) is 14.8. The number of carbonyl (C=O) groups is 1. The lowest BCUT2D eigenvalue weighted by Gasteiger charge is -2.32. The molecule has 1 aliphatic heterocycles. The molecule has 4 rings (SSSR count). The quantitative estimate of drug-likeness (QED) is 0.804. The highest BCUT2D eigenvalue weighted by Gasteiger charge is 2.29. The van der Waals surface area contributed by atoms with E-state index in [9.17, 15) is 4.79 Å². The van der Waals surface area contributed by atoms with Gasteiger partial charge in [0.05, 0.1) is 6.04 Å². The van der Waals surface area contributed by atoms with Crippen LogP contribution in [-0.4, -0.2) is 32.9 Å². The van der Waals surface area contributed by atoms with Gasteiger partial charge in [0.25, 0.3) is 5.91 Å². The van der Waals surface area contributed by atoms with E-state index in [0.29, 0.717) is 12.3 Å². The Morgan fingerprint density at radius 1 is 1.25 bits per heavy atom. The molecule has 1 fully saturated rings. The van der Waals surface area contributed by atoms with Crippen molar-refractivity contribution >= 4 is 11.6 Å². The fourth-order valence-electron chi connectivity index (χ4n) is 3.10. The number of pyridine rings is 2. The van der Waals surface area contributed by atoms with Crippen LogP contribution in [0.2, 0.25) is 0 Å². The molecule has 1 aliphatic rings. The van der Waals surface area contributed by atoms with Gasteiger partial charge in [0, 0.05) is 31.4 Å². The fourth-order valence-corrected chi connectivity index (χ4v) is 3.10. The molecule has 0 unspecified atom stereocenters. The van der Waals surface area contributed by atoms with Crippen LogP contribution in [0.1, 0.15) is 35.0 Å². The number of nitrogens with zero attached hydrogens (tertiary/aromatic N) is 3. The first-order valence-electron chi connectivity index (χ1n) is 8.07. The summed E-state index contributed by atoms with van der Waals surface area (Å²) in [5.74, 6) is -0.173. The molecule has 1 N–H and O–H groups in total. The van der Waals surface area contributed by atoms with Crippen LogP contribution in [0.3, 0.4) is 0 Å².